The van der Waals surface area contributed by atoms with E-state index >= 15 is 0 Å². The number of aromatic nitrogens is 3. The van der Waals surface area contributed by atoms with E-state index in [9.17, 15) is 4.11 Å². The van der Waals surface area contributed by atoms with Crippen LogP contribution in [0.25, 0.3) is 71.8 Å². The molecular weight excluding hydrogens is 633 g/mol. The minimum atomic E-state index is -0.802. The summed E-state index contributed by atoms with van der Waals surface area (Å²) in [5.74, 6) is -0.369. The lowest BCUT2D eigenvalue weighted by atomic mass is 9.93. The molecule has 0 spiro atoms. The molecule has 0 aliphatic rings. The van der Waals surface area contributed by atoms with Crippen molar-refractivity contribution in [3.63, 3.8) is 0 Å². The minimum Gasteiger partial charge on any atom is -0.310 e. The van der Waals surface area contributed by atoms with Crippen LogP contribution in [0.4, 0.5) is 17.1 Å². The quantitative estimate of drug-likeness (QED) is 0.163. The average Bonchev–Trinajstić information content (AvgIpc) is 3.80. The van der Waals surface area contributed by atoms with Crippen LogP contribution in [0, 0.1) is 0 Å². The largest absolute Gasteiger partial charge is 0.310 e. The van der Waals surface area contributed by atoms with Crippen LogP contribution in [-0.4, -0.2) is 14.5 Å². The number of anilines is 3. The summed E-state index contributed by atoms with van der Waals surface area (Å²) in [7, 11) is 0. The number of pyridine rings is 1. The van der Waals surface area contributed by atoms with Crippen LogP contribution >= 0.6 is 0 Å². The Labute approximate surface area is 333 Å². The van der Waals surface area contributed by atoms with Crippen molar-refractivity contribution >= 4 is 60.5 Å². The van der Waals surface area contributed by atoms with Gasteiger partial charge in [0, 0.05) is 49.7 Å². The van der Waals surface area contributed by atoms with Gasteiger partial charge in [0.2, 0.25) is 0 Å². The number of rotatable bonds is 6. The standard InChI is InChI=1S/C48H32N4/c1-5-17-33(18-6-1)46-40-32-31-37-38(25-16-30-43(37)51(34-19-7-2-8-20-34)35-21-9-3-10-22-35)45(40)39-26-15-27-41(47(39)50-46)48-49-42-28-13-14-29-44(42)52(48)36-23-11-4-12-24-36/h1-32H/i1D,2D,3D,4D,5D,6D,7D,9D,11D,12D,13D,14D,17D,18D,19D,21D,23D,24D,28D,29D,30D,31D,32D. The van der Waals surface area contributed by atoms with Gasteiger partial charge < -0.3 is 4.90 Å². The Bertz CT molecular complexity index is 4140. The molecule has 0 atom stereocenters. The lowest BCUT2D eigenvalue weighted by Crippen LogP contribution is -2.10. The number of fused-ring (bicyclic) bond motifs is 6. The summed E-state index contributed by atoms with van der Waals surface area (Å²) in [6.45, 7) is 0. The van der Waals surface area contributed by atoms with Crippen LogP contribution in [0.15, 0.2) is 194 Å². The van der Waals surface area contributed by atoms with Crippen LogP contribution < -0.4 is 4.90 Å². The number of benzene rings is 8. The van der Waals surface area contributed by atoms with E-state index in [1.165, 1.54) is 54.6 Å². The van der Waals surface area contributed by atoms with Gasteiger partial charge in [0.25, 0.3) is 0 Å². The number of hydrogen-bond donors (Lipinski definition) is 0. The van der Waals surface area contributed by atoms with Gasteiger partial charge in [-0.25, -0.2) is 9.97 Å². The lowest BCUT2D eigenvalue weighted by molar-refractivity contribution is 1.10. The van der Waals surface area contributed by atoms with Crippen molar-refractivity contribution in [1.29, 1.82) is 0 Å². The van der Waals surface area contributed by atoms with Crippen molar-refractivity contribution in [3.8, 4) is 28.3 Å². The zero-order valence-corrected chi connectivity index (χ0v) is 26.5. The molecule has 0 amide bonds. The number of para-hydroxylation sites is 6. The summed E-state index contributed by atoms with van der Waals surface area (Å²) < 4.78 is 205. The molecule has 2 heterocycles. The molecular formula is C48H32N4. The first kappa shape index (κ1) is 14.7. The Hall–Kier alpha value is -7.04. The number of nitrogens with zero attached hydrogens (tertiary/aromatic N) is 4. The van der Waals surface area contributed by atoms with Gasteiger partial charge in [0.15, 0.2) is 0 Å². The predicted octanol–water partition coefficient (Wildman–Crippen LogP) is 12.7. The maximum atomic E-state index is 9.85. The van der Waals surface area contributed by atoms with Crippen LogP contribution in [0.1, 0.15) is 31.5 Å². The summed E-state index contributed by atoms with van der Waals surface area (Å²) in [6, 6.07) is -3.39. The highest BCUT2D eigenvalue weighted by Crippen LogP contribution is 2.45. The topological polar surface area (TPSA) is 34.0 Å². The molecule has 0 radical (unpaired) electrons. The Morgan fingerprint density at radius 3 is 1.96 bits per heavy atom. The number of hydrogen-bond acceptors (Lipinski definition) is 3. The highest BCUT2D eigenvalue weighted by atomic mass is 15.1. The first-order valence-corrected chi connectivity index (χ1v) is 15.7. The van der Waals surface area contributed by atoms with E-state index in [1.807, 2.05) is 0 Å². The third-order valence-electron chi connectivity index (χ3n) is 8.44. The van der Waals surface area contributed by atoms with Gasteiger partial charge in [-0.3, -0.25) is 4.57 Å². The molecule has 8 aromatic carbocycles. The molecule has 0 aliphatic carbocycles. The van der Waals surface area contributed by atoms with Gasteiger partial charge in [-0.05, 0) is 65.9 Å². The molecule has 0 unspecified atom stereocenters. The molecule has 52 heavy (non-hydrogen) atoms. The van der Waals surface area contributed by atoms with Crippen LogP contribution in [0.2, 0.25) is 0 Å². The number of imidazole rings is 1. The van der Waals surface area contributed by atoms with E-state index in [0.717, 1.165) is 9.47 Å². The molecule has 2 aromatic heterocycles. The first-order valence-electron chi connectivity index (χ1n) is 27.2. The fraction of sp³-hybridized carbons (Fsp3) is 0. The molecule has 0 saturated carbocycles. The van der Waals surface area contributed by atoms with Gasteiger partial charge in [-0.2, -0.15) is 0 Å². The molecule has 10 aromatic rings. The van der Waals surface area contributed by atoms with E-state index in [1.54, 1.807) is 0 Å². The van der Waals surface area contributed by atoms with Crippen molar-refractivity contribution < 1.29 is 31.5 Å². The van der Waals surface area contributed by atoms with Crippen molar-refractivity contribution in [2.75, 3.05) is 4.90 Å². The van der Waals surface area contributed by atoms with Gasteiger partial charge in [0.05, 0.1) is 59.5 Å². The lowest BCUT2D eigenvalue weighted by Gasteiger charge is -2.27. The molecule has 0 N–H and O–H groups in total. The third kappa shape index (κ3) is 4.84. The van der Waals surface area contributed by atoms with E-state index in [-0.39, 0.29) is 79.0 Å². The normalized spacial score (nSPS) is 17.7. The molecule has 0 aliphatic heterocycles. The zero-order valence-electron chi connectivity index (χ0n) is 49.5. The maximum absolute atomic E-state index is 9.85. The average molecular weight is 688 g/mol. The highest BCUT2D eigenvalue weighted by molar-refractivity contribution is 6.25. The Morgan fingerprint density at radius 1 is 0.500 bits per heavy atom. The fourth-order valence-electron chi connectivity index (χ4n) is 6.34. The Balaban J connectivity index is 1.47. The summed E-state index contributed by atoms with van der Waals surface area (Å²) in [5.41, 5.74) is -3.36. The molecule has 4 heteroatoms. The second kappa shape index (κ2) is 12.4. The summed E-state index contributed by atoms with van der Waals surface area (Å²) >= 11 is 0. The smallest absolute Gasteiger partial charge is 0.147 e. The van der Waals surface area contributed by atoms with E-state index in [2.05, 4.69) is 4.98 Å². The van der Waals surface area contributed by atoms with E-state index in [0.29, 0.717) is 0 Å². The third-order valence-corrected chi connectivity index (χ3v) is 8.44. The van der Waals surface area contributed by atoms with Gasteiger partial charge in [-0.1, -0.05) is 133 Å². The Kier molecular flexibility index (Phi) is 3.49. The maximum Gasteiger partial charge on any atom is 0.147 e. The Morgan fingerprint density at radius 2 is 1.17 bits per heavy atom. The van der Waals surface area contributed by atoms with Crippen LogP contribution in [0.3, 0.4) is 0 Å². The van der Waals surface area contributed by atoms with Gasteiger partial charge in [0.1, 0.15) is 5.82 Å². The van der Waals surface area contributed by atoms with Gasteiger partial charge >= 0.3 is 0 Å². The molecule has 4 nitrogen and oxygen atoms in total. The summed E-state index contributed by atoms with van der Waals surface area (Å²) in [6.07, 6.45) is 0. The predicted molar refractivity (Wildman–Crippen MR) is 217 cm³/mol. The molecule has 244 valence electrons. The van der Waals surface area contributed by atoms with Crippen molar-refractivity contribution in [1.82, 2.24) is 14.5 Å². The molecule has 0 saturated heterocycles. The van der Waals surface area contributed by atoms with Crippen molar-refractivity contribution in [3.05, 3.63) is 194 Å². The van der Waals surface area contributed by atoms with Crippen LogP contribution in [0.5, 0.6) is 0 Å². The van der Waals surface area contributed by atoms with E-state index in [4.69, 9.17) is 32.4 Å². The van der Waals surface area contributed by atoms with Crippen LogP contribution in [-0.2, 0) is 0 Å². The monoisotopic (exact) mass is 687 g/mol. The summed E-state index contributed by atoms with van der Waals surface area (Å²) in [5, 5.41) is -0.415. The van der Waals surface area contributed by atoms with Gasteiger partial charge in [-0.15, -0.1) is 0 Å². The minimum absolute atomic E-state index is 0.0156. The summed E-state index contributed by atoms with van der Waals surface area (Å²) in [4.78, 5) is 10.8. The highest BCUT2D eigenvalue weighted by Gasteiger charge is 2.22. The van der Waals surface area contributed by atoms with Crippen molar-refractivity contribution in [2.24, 2.45) is 0 Å². The van der Waals surface area contributed by atoms with Crippen molar-refractivity contribution in [2.45, 2.75) is 0 Å². The zero-order chi connectivity index (χ0) is 54.4. The molecule has 10 rings (SSSR count). The molecule has 0 bridgehead atoms. The first-order chi connectivity index (χ1) is 35.3. The second-order valence-corrected chi connectivity index (χ2v) is 11.3. The SMILES string of the molecule is [2H]c1ccc(N(c2ccc([2H])c([2H])c2[2H])c2c([2H])ccc3c2c([2H])c([2H])c2c(-c4c([2H])c([2H])c([2H])c([2H])c4[2H])nc4c(-c5nc6c([2H])c([2H])c([2H])c([2H])c6n5-c5c([2H])c([2H])c([2H])c([2H])c5[2H])cccc4c23)c([2H])c1[2H]. The molecule has 0 fully saturated rings. The fourth-order valence-corrected chi connectivity index (χ4v) is 6.34. The van der Waals surface area contributed by atoms with E-state index < -0.39 is 149 Å². The second-order valence-electron chi connectivity index (χ2n) is 11.3.